The van der Waals surface area contributed by atoms with Gasteiger partial charge in [-0.15, -0.1) is 0 Å². The number of nitrogens with zero attached hydrogens (tertiary/aromatic N) is 2. The zero-order valence-corrected chi connectivity index (χ0v) is 16.2. The molecule has 0 bridgehead atoms. The van der Waals surface area contributed by atoms with Crippen molar-refractivity contribution in [2.75, 3.05) is 11.9 Å². The summed E-state index contributed by atoms with van der Waals surface area (Å²) in [5.74, 6) is -0.543. The van der Waals surface area contributed by atoms with Gasteiger partial charge in [0.05, 0.1) is 35.1 Å². The number of imidazole rings is 1. The number of carbonyl (C=O) groups excluding carboxylic acids is 2. The molecule has 8 heteroatoms. The highest BCUT2D eigenvalue weighted by molar-refractivity contribution is 6.40. The van der Waals surface area contributed by atoms with Crippen LogP contribution in [-0.2, 0) is 14.3 Å². The molecule has 1 aromatic heterocycles. The van der Waals surface area contributed by atoms with Gasteiger partial charge >= 0.3 is 5.97 Å². The van der Waals surface area contributed by atoms with E-state index < -0.39 is 0 Å². The van der Waals surface area contributed by atoms with Crippen LogP contribution in [0.15, 0.2) is 30.9 Å². The van der Waals surface area contributed by atoms with Crippen molar-refractivity contribution in [1.29, 1.82) is 0 Å². The third-order valence-corrected chi connectivity index (χ3v) is 4.66. The number of aryl methyl sites for hydroxylation is 1. The summed E-state index contributed by atoms with van der Waals surface area (Å²) in [5.41, 5.74) is 1.23. The average molecular weight is 398 g/mol. The molecule has 1 aromatic carbocycles. The van der Waals surface area contributed by atoms with Crippen LogP contribution in [0.4, 0.5) is 5.69 Å². The van der Waals surface area contributed by atoms with Crippen LogP contribution in [-0.4, -0.2) is 28.0 Å². The van der Waals surface area contributed by atoms with E-state index >= 15 is 0 Å². The summed E-state index contributed by atoms with van der Waals surface area (Å²) in [6, 6.07) is 3.44. The lowest BCUT2D eigenvalue weighted by Crippen LogP contribution is -2.15. The van der Waals surface area contributed by atoms with Gasteiger partial charge < -0.3 is 14.6 Å². The summed E-state index contributed by atoms with van der Waals surface area (Å²) in [4.78, 5) is 27.8. The minimum Gasteiger partial charge on any atom is -0.466 e. The van der Waals surface area contributed by atoms with Crippen molar-refractivity contribution in [2.45, 2.75) is 39.2 Å². The lowest BCUT2D eigenvalue weighted by atomic mass is 10.2. The molecule has 1 heterocycles. The van der Waals surface area contributed by atoms with Crippen molar-refractivity contribution >= 4 is 40.8 Å². The molecule has 1 amide bonds. The maximum Gasteiger partial charge on any atom is 0.307 e. The number of ether oxygens (including phenoxy) is 1. The highest BCUT2D eigenvalue weighted by Crippen LogP contribution is 2.32. The number of anilines is 1. The van der Waals surface area contributed by atoms with Gasteiger partial charge in [0.25, 0.3) is 0 Å². The molecule has 1 N–H and O–H groups in total. The first-order valence-electron chi connectivity index (χ1n) is 8.26. The molecular weight excluding hydrogens is 377 g/mol. The zero-order chi connectivity index (χ0) is 19.1. The number of hydrogen-bond acceptors (Lipinski definition) is 4. The number of esters is 1. The van der Waals surface area contributed by atoms with E-state index in [9.17, 15) is 9.59 Å². The minimum absolute atomic E-state index is 0.0288. The molecule has 0 fully saturated rings. The predicted molar refractivity (Wildman–Crippen MR) is 102 cm³/mol. The van der Waals surface area contributed by atoms with Crippen LogP contribution >= 0.6 is 23.2 Å². The van der Waals surface area contributed by atoms with Crippen molar-refractivity contribution in [3.05, 3.63) is 46.5 Å². The Morgan fingerprint density at radius 3 is 2.81 bits per heavy atom. The van der Waals surface area contributed by atoms with Crippen LogP contribution in [0.2, 0.25) is 10.0 Å². The van der Waals surface area contributed by atoms with Crippen molar-refractivity contribution in [3.63, 3.8) is 0 Å². The third-order valence-electron chi connectivity index (χ3n) is 3.86. The Morgan fingerprint density at radius 1 is 1.35 bits per heavy atom. The summed E-state index contributed by atoms with van der Waals surface area (Å²) in [6.07, 6.45) is 5.97. The molecule has 2 aromatic rings. The third kappa shape index (κ3) is 5.75. The summed E-state index contributed by atoms with van der Waals surface area (Å²) in [5, 5.41) is 3.51. The Kier molecular flexibility index (Phi) is 7.48. The van der Waals surface area contributed by atoms with E-state index in [0.29, 0.717) is 22.2 Å². The first-order chi connectivity index (χ1) is 12.4. The molecular formula is C18H21Cl2N3O3. The van der Waals surface area contributed by atoms with Crippen LogP contribution in [0.25, 0.3) is 0 Å². The number of benzene rings is 1. The van der Waals surface area contributed by atoms with E-state index in [1.54, 1.807) is 30.9 Å². The topological polar surface area (TPSA) is 73.2 Å². The largest absolute Gasteiger partial charge is 0.466 e. The Bertz CT molecular complexity index is 763. The van der Waals surface area contributed by atoms with Crippen molar-refractivity contribution in [1.82, 2.24) is 9.55 Å². The fourth-order valence-corrected chi connectivity index (χ4v) is 2.79. The SMILES string of the molecule is Cc1ccc(Cl)c(NC(=O)CCCOC(=O)CC(C)n2ccnc2)c1Cl. The Balaban J connectivity index is 1.70. The van der Waals surface area contributed by atoms with Crippen molar-refractivity contribution < 1.29 is 14.3 Å². The molecule has 1 atom stereocenters. The van der Waals surface area contributed by atoms with Gasteiger partial charge in [-0.05, 0) is 31.9 Å². The summed E-state index contributed by atoms with van der Waals surface area (Å²) < 4.78 is 7.01. The number of hydrogen-bond donors (Lipinski definition) is 1. The van der Waals surface area contributed by atoms with E-state index in [2.05, 4.69) is 10.3 Å². The second kappa shape index (κ2) is 9.59. The van der Waals surface area contributed by atoms with E-state index in [4.69, 9.17) is 27.9 Å². The molecule has 26 heavy (non-hydrogen) atoms. The number of carbonyl (C=O) groups is 2. The molecule has 2 rings (SSSR count). The second-order valence-corrected chi connectivity index (χ2v) is 6.77. The quantitative estimate of drug-likeness (QED) is 0.528. The van der Waals surface area contributed by atoms with Gasteiger partial charge in [0.1, 0.15) is 0 Å². The molecule has 140 valence electrons. The number of aromatic nitrogens is 2. The van der Waals surface area contributed by atoms with Gasteiger partial charge in [-0.2, -0.15) is 0 Å². The lowest BCUT2D eigenvalue weighted by molar-refractivity contribution is -0.144. The van der Waals surface area contributed by atoms with E-state index in [1.165, 1.54) is 0 Å². The highest BCUT2D eigenvalue weighted by Gasteiger charge is 2.13. The lowest BCUT2D eigenvalue weighted by Gasteiger charge is -2.13. The van der Waals surface area contributed by atoms with Crippen molar-refractivity contribution in [3.8, 4) is 0 Å². The van der Waals surface area contributed by atoms with Crippen LogP contribution in [0.3, 0.4) is 0 Å². The number of amides is 1. The zero-order valence-electron chi connectivity index (χ0n) is 14.7. The molecule has 0 saturated heterocycles. The van der Waals surface area contributed by atoms with E-state index in [0.717, 1.165) is 5.56 Å². The first-order valence-corrected chi connectivity index (χ1v) is 9.01. The Morgan fingerprint density at radius 2 is 2.12 bits per heavy atom. The number of rotatable bonds is 8. The van der Waals surface area contributed by atoms with Crippen LogP contribution < -0.4 is 5.32 Å². The molecule has 1 unspecified atom stereocenters. The predicted octanol–water partition coefficient (Wildman–Crippen LogP) is 4.41. The number of halogens is 2. The fourth-order valence-electron chi connectivity index (χ4n) is 2.33. The monoisotopic (exact) mass is 397 g/mol. The van der Waals surface area contributed by atoms with Gasteiger partial charge in [-0.3, -0.25) is 9.59 Å². The van der Waals surface area contributed by atoms with Crippen LogP contribution in [0, 0.1) is 6.92 Å². The molecule has 0 saturated carbocycles. The molecule has 0 radical (unpaired) electrons. The summed E-state index contributed by atoms with van der Waals surface area (Å²) in [7, 11) is 0. The highest BCUT2D eigenvalue weighted by atomic mass is 35.5. The fraction of sp³-hybridized carbons (Fsp3) is 0.389. The van der Waals surface area contributed by atoms with Gasteiger partial charge in [0, 0.05) is 24.9 Å². The van der Waals surface area contributed by atoms with Crippen molar-refractivity contribution in [2.24, 2.45) is 0 Å². The van der Waals surface area contributed by atoms with Crippen LogP contribution in [0.5, 0.6) is 0 Å². The Labute approximate surface area is 162 Å². The number of nitrogens with one attached hydrogen (secondary N) is 1. The average Bonchev–Trinajstić information content (AvgIpc) is 3.14. The van der Waals surface area contributed by atoms with E-state index in [1.807, 2.05) is 18.4 Å². The second-order valence-electron chi connectivity index (χ2n) is 5.99. The normalized spacial score (nSPS) is 11.8. The van der Waals surface area contributed by atoms with Crippen LogP contribution in [0.1, 0.15) is 37.8 Å². The van der Waals surface area contributed by atoms with Gasteiger partial charge in [-0.25, -0.2) is 4.98 Å². The van der Waals surface area contributed by atoms with Gasteiger partial charge in [-0.1, -0.05) is 29.3 Å². The maximum atomic E-state index is 12.0. The molecule has 0 aliphatic rings. The maximum absolute atomic E-state index is 12.0. The van der Waals surface area contributed by atoms with Gasteiger partial charge in [0.15, 0.2) is 0 Å². The first kappa shape index (κ1) is 20.3. The summed E-state index contributed by atoms with van der Waals surface area (Å²) >= 11 is 12.2. The smallest absolute Gasteiger partial charge is 0.307 e. The summed E-state index contributed by atoms with van der Waals surface area (Å²) in [6.45, 7) is 3.92. The van der Waals surface area contributed by atoms with Gasteiger partial charge in [0.2, 0.25) is 5.91 Å². The standard InChI is InChI=1S/C18H21Cl2N3O3/c1-12-5-6-14(19)18(17(12)20)22-15(24)4-3-9-26-16(25)10-13(2)23-8-7-21-11-23/h5-8,11,13H,3-4,9-10H2,1-2H3,(H,22,24). The Hall–Kier alpha value is -2.05. The molecule has 0 aliphatic heterocycles. The molecule has 6 nitrogen and oxygen atoms in total. The molecule has 0 spiro atoms. The van der Waals surface area contributed by atoms with E-state index in [-0.39, 0.29) is 37.4 Å². The molecule has 0 aliphatic carbocycles. The minimum atomic E-state index is -0.309.